The number of benzene rings is 1. The molecule has 0 bridgehead atoms. The van der Waals surface area contributed by atoms with E-state index in [1.165, 1.54) is 0 Å². The Morgan fingerprint density at radius 2 is 2.00 bits per heavy atom. The number of nitrogens with zero attached hydrogens (tertiary/aromatic N) is 1. The van der Waals surface area contributed by atoms with E-state index in [0.29, 0.717) is 11.4 Å². The molecule has 0 saturated heterocycles. The second-order valence-electron chi connectivity index (χ2n) is 3.30. The van der Waals surface area contributed by atoms with Gasteiger partial charge in [0, 0.05) is 5.02 Å². The van der Waals surface area contributed by atoms with Crippen molar-refractivity contribution in [3.63, 3.8) is 0 Å². The Balaban J connectivity index is 2.65. The zero-order valence-corrected chi connectivity index (χ0v) is 11.6. The molecule has 0 aromatic heterocycles. The summed E-state index contributed by atoms with van der Waals surface area (Å²) >= 11 is 6.84. The van der Waals surface area contributed by atoms with Gasteiger partial charge >= 0.3 is 0 Å². The first kappa shape index (κ1) is 14.3. The summed E-state index contributed by atoms with van der Waals surface area (Å²) in [6, 6.07) is 7.03. The molecule has 0 saturated carbocycles. The van der Waals surface area contributed by atoms with Crippen LogP contribution >= 0.6 is 23.4 Å². The Hall–Kier alpha value is -0.720. The van der Waals surface area contributed by atoms with E-state index in [1.807, 2.05) is 0 Å². The van der Waals surface area contributed by atoms with Crippen molar-refractivity contribution in [3.05, 3.63) is 34.9 Å². The van der Waals surface area contributed by atoms with E-state index in [0.717, 1.165) is 17.3 Å². The fourth-order valence-electron chi connectivity index (χ4n) is 1.12. The maximum Gasteiger partial charge on any atom is 0.255 e. The molecule has 0 fully saturated rings. The highest BCUT2D eigenvalue weighted by atomic mass is 35.5. The largest absolute Gasteiger partial charge is 0.378 e. The minimum Gasteiger partial charge on any atom is -0.378 e. The zero-order chi connectivity index (χ0) is 12.9. The molecule has 2 N–H and O–H groups in total. The molecule has 94 valence electrons. The minimum atomic E-state index is -3.49. The quantitative estimate of drug-likeness (QED) is 0.679. The first-order valence-corrected chi connectivity index (χ1v) is 8.01. The van der Waals surface area contributed by atoms with Gasteiger partial charge in [-0.3, -0.25) is 0 Å². The molecule has 0 aliphatic carbocycles. The molecule has 0 radical (unpaired) electrons. The summed E-state index contributed by atoms with van der Waals surface area (Å²) in [5, 5.41) is 0.683. The van der Waals surface area contributed by atoms with Crippen molar-refractivity contribution in [2.75, 3.05) is 12.0 Å². The van der Waals surface area contributed by atoms with Crippen LogP contribution in [0.25, 0.3) is 0 Å². The van der Waals surface area contributed by atoms with Gasteiger partial charge in [0.25, 0.3) is 10.0 Å². The number of hydrogen-bond acceptors (Lipinski definition) is 3. The lowest BCUT2D eigenvalue weighted by atomic mass is 10.2. The third-order valence-electron chi connectivity index (χ3n) is 2.00. The summed E-state index contributed by atoms with van der Waals surface area (Å²) < 4.78 is 26.5. The van der Waals surface area contributed by atoms with Crippen LogP contribution in [-0.2, 0) is 16.4 Å². The van der Waals surface area contributed by atoms with Crippen molar-refractivity contribution in [2.45, 2.75) is 6.42 Å². The van der Waals surface area contributed by atoms with Gasteiger partial charge in [-0.15, -0.1) is 4.40 Å². The number of halogens is 1. The van der Waals surface area contributed by atoms with Crippen LogP contribution in [0.2, 0.25) is 5.02 Å². The third kappa shape index (κ3) is 5.43. The van der Waals surface area contributed by atoms with Gasteiger partial charge in [-0.2, -0.15) is 0 Å². The molecule has 0 heterocycles. The van der Waals surface area contributed by atoms with E-state index >= 15 is 0 Å². The van der Waals surface area contributed by atoms with E-state index in [2.05, 4.69) is 4.40 Å². The molecule has 1 rings (SSSR count). The average Bonchev–Trinajstić information content (AvgIpc) is 2.28. The lowest BCUT2D eigenvalue weighted by molar-refractivity contribution is 0.597. The van der Waals surface area contributed by atoms with Crippen LogP contribution in [0.5, 0.6) is 0 Å². The molecule has 0 aliphatic rings. The maximum atomic E-state index is 11.5. The van der Waals surface area contributed by atoms with E-state index in [4.69, 9.17) is 17.3 Å². The van der Waals surface area contributed by atoms with E-state index in [1.54, 1.807) is 30.5 Å². The molecule has 4 nitrogen and oxygen atoms in total. The third-order valence-corrected chi connectivity index (χ3v) is 4.07. The summed E-state index contributed by atoms with van der Waals surface area (Å²) in [6.45, 7) is 0. The van der Waals surface area contributed by atoms with Gasteiger partial charge in [-0.1, -0.05) is 35.5 Å². The lowest BCUT2D eigenvalue weighted by Crippen LogP contribution is -2.13. The van der Waals surface area contributed by atoms with Gasteiger partial charge in [-0.25, -0.2) is 8.42 Å². The van der Waals surface area contributed by atoms with Crippen molar-refractivity contribution in [1.82, 2.24) is 0 Å². The van der Waals surface area contributed by atoms with E-state index in [9.17, 15) is 8.42 Å². The Morgan fingerprint density at radius 1 is 1.41 bits per heavy atom. The Kier molecular flexibility index (Phi) is 5.30. The van der Waals surface area contributed by atoms with Gasteiger partial charge in [0.1, 0.15) is 0 Å². The lowest BCUT2D eigenvalue weighted by Gasteiger charge is -2.01. The number of hydrogen-bond donors (Lipinski definition) is 1. The highest BCUT2D eigenvalue weighted by Crippen LogP contribution is 2.11. The minimum absolute atomic E-state index is 0.0566. The van der Waals surface area contributed by atoms with Crippen molar-refractivity contribution >= 4 is 38.6 Å². The van der Waals surface area contributed by atoms with E-state index < -0.39 is 10.0 Å². The van der Waals surface area contributed by atoms with Crippen LogP contribution in [0.1, 0.15) is 5.56 Å². The molecule has 17 heavy (non-hydrogen) atoms. The number of rotatable bonds is 4. The van der Waals surface area contributed by atoms with Crippen LogP contribution in [0.4, 0.5) is 0 Å². The Morgan fingerprint density at radius 3 is 2.53 bits per heavy atom. The highest BCUT2D eigenvalue weighted by Gasteiger charge is 2.09. The predicted molar refractivity (Wildman–Crippen MR) is 74.1 cm³/mol. The molecule has 0 amide bonds. The second kappa shape index (κ2) is 6.28. The highest BCUT2D eigenvalue weighted by molar-refractivity contribution is 8.13. The number of aryl methyl sites for hydroxylation is 1. The number of sulfonamides is 1. The molecule has 0 atom stereocenters. The molecule has 1 aromatic carbocycles. The number of thioether (sulfide) groups is 1. The number of amidine groups is 1. The van der Waals surface area contributed by atoms with Crippen LogP contribution in [0.3, 0.4) is 0 Å². The fraction of sp³-hybridized carbons (Fsp3) is 0.300. The average molecular weight is 293 g/mol. The monoisotopic (exact) mass is 292 g/mol. The zero-order valence-electron chi connectivity index (χ0n) is 9.26. The van der Waals surface area contributed by atoms with Crippen molar-refractivity contribution in [3.8, 4) is 0 Å². The summed E-state index contributed by atoms with van der Waals surface area (Å²) in [5.41, 5.74) is 6.26. The SMILES string of the molecule is CS/C(N)=N\S(=O)(=O)CCc1ccc(Cl)cc1. The molecule has 0 unspecified atom stereocenters. The van der Waals surface area contributed by atoms with Crippen LogP contribution in [0.15, 0.2) is 28.7 Å². The standard InChI is InChI=1S/C10H13ClN2O2S2/c1-16-10(12)13-17(14,15)7-6-8-2-4-9(11)5-3-8/h2-5H,6-7H2,1H3,(H2,12,13). The van der Waals surface area contributed by atoms with Crippen LogP contribution in [0, 0.1) is 0 Å². The van der Waals surface area contributed by atoms with Gasteiger partial charge in [0.2, 0.25) is 0 Å². The molecule has 0 spiro atoms. The Labute approximate surface area is 110 Å². The summed E-state index contributed by atoms with van der Waals surface area (Å²) in [5.74, 6) is -0.0596. The number of nitrogens with two attached hydrogens (primary N) is 1. The summed E-state index contributed by atoms with van der Waals surface area (Å²) in [6.07, 6.45) is 2.07. The molecule has 7 heteroatoms. The van der Waals surface area contributed by atoms with Gasteiger partial charge in [0.05, 0.1) is 5.75 Å². The van der Waals surface area contributed by atoms with Gasteiger partial charge in [0.15, 0.2) is 5.17 Å². The predicted octanol–water partition coefficient (Wildman–Crippen LogP) is 1.89. The first-order valence-electron chi connectivity index (χ1n) is 4.79. The van der Waals surface area contributed by atoms with Gasteiger partial charge < -0.3 is 5.73 Å². The van der Waals surface area contributed by atoms with Crippen LogP contribution in [-0.4, -0.2) is 25.6 Å². The topological polar surface area (TPSA) is 72.5 Å². The van der Waals surface area contributed by atoms with Crippen LogP contribution < -0.4 is 5.73 Å². The normalized spacial score (nSPS) is 12.7. The fourth-order valence-corrected chi connectivity index (χ4v) is 2.74. The van der Waals surface area contributed by atoms with Crippen molar-refractivity contribution in [2.24, 2.45) is 10.1 Å². The second-order valence-corrected chi connectivity index (χ2v) is 6.31. The molecular weight excluding hydrogens is 280 g/mol. The summed E-state index contributed by atoms with van der Waals surface area (Å²) in [7, 11) is -3.49. The van der Waals surface area contributed by atoms with Crippen molar-refractivity contribution in [1.29, 1.82) is 0 Å². The smallest absolute Gasteiger partial charge is 0.255 e. The molecule has 0 aliphatic heterocycles. The molecule has 1 aromatic rings. The van der Waals surface area contributed by atoms with Gasteiger partial charge in [-0.05, 0) is 30.4 Å². The molecular formula is C10H13ClN2O2S2. The maximum absolute atomic E-state index is 11.5. The van der Waals surface area contributed by atoms with E-state index in [-0.39, 0.29) is 10.9 Å². The van der Waals surface area contributed by atoms with Crippen molar-refractivity contribution < 1.29 is 8.42 Å². The Bertz CT molecular complexity index is 498. The summed E-state index contributed by atoms with van der Waals surface area (Å²) in [4.78, 5) is 0. The first-order chi connectivity index (χ1) is 7.93.